The summed E-state index contributed by atoms with van der Waals surface area (Å²) in [5.74, 6) is 1.57. The SMILES string of the molecule is Cc1cc(CNc2ccc(CCO)cc2)ccc1Oc1cccnc1. The Bertz CT molecular complexity index is 802. The largest absolute Gasteiger partial charge is 0.455 e. The molecule has 2 aromatic carbocycles. The zero-order valence-corrected chi connectivity index (χ0v) is 14.3. The number of hydrogen-bond donors (Lipinski definition) is 2. The molecule has 0 aliphatic rings. The average molecular weight is 334 g/mol. The number of aliphatic hydroxyl groups excluding tert-OH is 1. The molecular weight excluding hydrogens is 312 g/mol. The molecule has 3 aromatic rings. The fourth-order valence-corrected chi connectivity index (χ4v) is 2.59. The first-order chi connectivity index (χ1) is 12.2. The van der Waals surface area contributed by atoms with Gasteiger partial charge in [0.25, 0.3) is 0 Å². The van der Waals surface area contributed by atoms with E-state index in [4.69, 9.17) is 9.84 Å². The van der Waals surface area contributed by atoms with Crippen LogP contribution in [-0.4, -0.2) is 16.7 Å². The topological polar surface area (TPSA) is 54.4 Å². The zero-order chi connectivity index (χ0) is 17.5. The zero-order valence-electron chi connectivity index (χ0n) is 14.3. The molecule has 0 aliphatic carbocycles. The highest BCUT2D eigenvalue weighted by molar-refractivity contribution is 5.46. The Morgan fingerprint density at radius 1 is 1.04 bits per heavy atom. The smallest absolute Gasteiger partial charge is 0.145 e. The first-order valence-electron chi connectivity index (χ1n) is 8.35. The van der Waals surface area contributed by atoms with E-state index >= 15 is 0 Å². The predicted molar refractivity (Wildman–Crippen MR) is 100 cm³/mol. The number of aryl methyl sites for hydroxylation is 1. The van der Waals surface area contributed by atoms with Crippen molar-refractivity contribution in [1.29, 1.82) is 0 Å². The Morgan fingerprint density at radius 2 is 1.84 bits per heavy atom. The lowest BCUT2D eigenvalue weighted by Crippen LogP contribution is -2.00. The van der Waals surface area contributed by atoms with Gasteiger partial charge in [-0.05, 0) is 60.4 Å². The van der Waals surface area contributed by atoms with E-state index in [-0.39, 0.29) is 6.61 Å². The molecule has 4 heteroatoms. The van der Waals surface area contributed by atoms with E-state index in [9.17, 15) is 0 Å². The summed E-state index contributed by atoms with van der Waals surface area (Å²) in [6, 6.07) is 18.1. The Kier molecular flexibility index (Phi) is 5.65. The molecule has 2 N–H and O–H groups in total. The molecule has 1 aromatic heterocycles. The molecule has 0 aliphatic heterocycles. The van der Waals surface area contributed by atoms with Crippen LogP contribution < -0.4 is 10.1 Å². The summed E-state index contributed by atoms with van der Waals surface area (Å²) in [5.41, 5.74) is 4.48. The summed E-state index contributed by atoms with van der Waals surface area (Å²) >= 11 is 0. The predicted octanol–water partition coefficient (Wildman–Crippen LogP) is 4.33. The highest BCUT2D eigenvalue weighted by Crippen LogP contribution is 2.25. The normalized spacial score (nSPS) is 10.5. The first kappa shape index (κ1) is 17.0. The average Bonchev–Trinajstić information content (AvgIpc) is 2.64. The molecule has 3 rings (SSSR count). The fourth-order valence-electron chi connectivity index (χ4n) is 2.59. The third-order valence-electron chi connectivity index (χ3n) is 3.95. The molecule has 0 saturated heterocycles. The minimum atomic E-state index is 0.180. The van der Waals surface area contributed by atoms with Crippen molar-refractivity contribution in [3.05, 3.63) is 83.7 Å². The number of aromatic nitrogens is 1. The van der Waals surface area contributed by atoms with Gasteiger partial charge in [0.15, 0.2) is 0 Å². The summed E-state index contributed by atoms with van der Waals surface area (Å²) in [6.07, 6.45) is 4.12. The van der Waals surface area contributed by atoms with Gasteiger partial charge in [0.1, 0.15) is 11.5 Å². The van der Waals surface area contributed by atoms with Crippen LogP contribution in [0.1, 0.15) is 16.7 Å². The molecule has 25 heavy (non-hydrogen) atoms. The lowest BCUT2D eigenvalue weighted by molar-refractivity contribution is 0.299. The maximum atomic E-state index is 8.95. The van der Waals surface area contributed by atoms with Crippen LogP contribution in [0, 0.1) is 6.92 Å². The summed E-state index contributed by atoms with van der Waals surface area (Å²) in [7, 11) is 0. The second kappa shape index (κ2) is 8.31. The summed E-state index contributed by atoms with van der Waals surface area (Å²) in [4.78, 5) is 4.06. The van der Waals surface area contributed by atoms with Crippen LogP contribution in [0.4, 0.5) is 5.69 Å². The van der Waals surface area contributed by atoms with E-state index in [0.717, 1.165) is 34.9 Å². The number of pyridine rings is 1. The molecule has 0 amide bonds. The van der Waals surface area contributed by atoms with Crippen LogP contribution in [0.15, 0.2) is 67.0 Å². The molecule has 0 atom stereocenters. The molecule has 0 unspecified atom stereocenters. The molecular formula is C21H22N2O2. The Labute approximate surface area is 148 Å². The van der Waals surface area contributed by atoms with Crippen molar-refractivity contribution in [2.75, 3.05) is 11.9 Å². The lowest BCUT2D eigenvalue weighted by atomic mass is 10.1. The van der Waals surface area contributed by atoms with Crippen molar-refractivity contribution in [3.8, 4) is 11.5 Å². The van der Waals surface area contributed by atoms with E-state index in [2.05, 4.69) is 22.4 Å². The van der Waals surface area contributed by atoms with Gasteiger partial charge < -0.3 is 15.2 Å². The molecule has 0 bridgehead atoms. The fraction of sp³-hybridized carbons (Fsp3) is 0.190. The highest BCUT2D eigenvalue weighted by atomic mass is 16.5. The second-order valence-corrected chi connectivity index (χ2v) is 5.91. The van der Waals surface area contributed by atoms with Gasteiger partial charge in [0.05, 0.1) is 6.20 Å². The van der Waals surface area contributed by atoms with Gasteiger partial charge in [-0.1, -0.05) is 24.3 Å². The van der Waals surface area contributed by atoms with Crippen LogP contribution in [0.25, 0.3) is 0 Å². The standard InChI is InChI=1S/C21H22N2O2/c1-16-13-18(6-9-21(16)25-20-3-2-11-22-15-20)14-23-19-7-4-17(5-8-19)10-12-24/h2-9,11,13,15,23-24H,10,12,14H2,1H3. The van der Waals surface area contributed by atoms with Crippen LogP contribution in [-0.2, 0) is 13.0 Å². The van der Waals surface area contributed by atoms with Crippen molar-refractivity contribution < 1.29 is 9.84 Å². The maximum absolute atomic E-state index is 8.95. The van der Waals surface area contributed by atoms with Crippen molar-refractivity contribution in [1.82, 2.24) is 4.98 Å². The monoisotopic (exact) mass is 334 g/mol. The number of nitrogens with one attached hydrogen (secondary N) is 1. The van der Waals surface area contributed by atoms with E-state index in [0.29, 0.717) is 6.42 Å². The lowest BCUT2D eigenvalue weighted by Gasteiger charge is -2.11. The van der Waals surface area contributed by atoms with Crippen molar-refractivity contribution in [2.24, 2.45) is 0 Å². The van der Waals surface area contributed by atoms with Gasteiger partial charge in [-0.15, -0.1) is 0 Å². The second-order valence-electron chi connectivity index (χ2n) is 5.91. The minimum absolute atomic E-state index is 0.180. The minimum Gasteiger partial charge on any atom is -0.455 e. The van der Waals surface area contributed by atoms with E-state index in [1.165, 1.54) is 5.56 Å². The van der Waals surface area contributed by atoms with E-state index in [1.54, 1.807) is 12.4 Å². The summed E-state index contributed by atoms with van der Waals surface area (Å²) in [5, 5.41) is 12.4. The molecule has 0 fully saturated rings. The van der Waals surface area contributed by atoms with Gasteiger partial charge in [-0.2, -0.15) is 0 Å². The molecule has 0 saturated carbocycles. The van der Waals surface area contributed by atoms with Crippen molar-refractivity contribution in [2.45, 2.75) is 19.9 Å². The molecule has 128 valence electrons. The van der Waals surface area contributed by atoms with Crippen molar-refractivity contribution >= 4 is 5.69 Å². The van der Waals surface area contributed by atoms with Crippen molar-refractivity contribution in [3.63, 3.8) is 0 Å². The Balaban J connectivity index is 1.60. The Morgan fingerprint density at radius 3 is 2.52 bits per heavy atom. The quantitative estimate of drug-likeness (QED) is 0.675. The van der Waals surface area contributed by atoms with Gasteiger partial charge in [0, 0.05) is 25.0 Å². The number of rotatable bonds is 7. The van der Waals surface area contributed by atoms with Crippen LogP contribution >= 0.6 is 0 Å². The van der Waals surface area contributed by atoms with Gasteiger partial charge >= 0.3 is 0 Å². The van der Waals surface area contributed by atoms with Crippen LogP contribution in [0.3, 0.4) is 0 Å². The Hall–Kier alpha value is -2.85. The number of hydrogen-bond acceptors (Lipinski definition) is 4. The molecule has 0 radical (unpaired) electrons. The van der Waals surface area contributed by atoms with Gasteiger partial charge in [-0.3, -0.25) is 4.98 Å². The van der Waals surface area contributed by atoms with E-state index < -0.39 is 0 Å². The number of benzene rings is 2. The third kappa shape index (κ3) is 4.81. The summed E-state index contributed by atoms with van der Waals surface area (Å²) < 4.78 is 5.86. The van der Waals surface area contributed by atoms with Gasteiger partial charge in [-0.25, -0.2) is 0 Å². The maximum Gasteiger partial charge on any atom is 0.145 e. The summed E-state index contributed by atoms with van der Waals surface area (Å²) in [6.45, 7) is 2.96. The highest BCUT2D eigenvalue weighted by Gasteiger charge is 2.03. The molecule has 0 spiro atoms. The third-order valence-corrected chi connectivity index (χ3v) is 3.95. The van der Waals surface area contributed by atoms with Crippen LogP contribution in [0.2, 0.25) is 0 Å². The van der Waals surface area contributed by atoms with Crippen LogP contribution in [0.5, 0.6) is 11.5 Å². The molecule has 1 heterocycles. The first-order valence-corrected chi connectivity index (χ1v) is 8.35. The van der Waals surface area contributed by atoms with Gasteiger partial charge in [0.2, 0.25) is 0 Å². The molecule has 4 nitrogen and oxygen atoms in total. The number of aliphatic hydroxyl groups is 1. The van der Waals surface area contributed by atoms with E-state index in [1.807, 2.05) is 49.4 Å². The number of ether oxygens (including phenoxy) is 1. The number of anilines is 1. The number of nitrogens with zero attached hydrogens (tertiary/aromatic N) is 1.